The summed E-state index contributed by atoms with van der Waals surface area (Å²) in [4.78, 5) is 26.4. The van der Waals surface area contributed by atoms with Crippen molar-refractivity contribution in [2.75, 3.05) is 18.5 Å². The molecule has 1 aromatic heterocycles. The number of carbonyl (C=O) groups excluding carboxylic acids is 2. The van der Waals surface area contributed by atoms with Crippen LogP contribution in [0.15, 0.2) is 58.8 Å². The third-order valence-electron chi connectivity index (χ3n) is 5.92. The number of benzene rings is 1. The summed E-state index contributed by atoms with van der Waals surface area (Å²) >= 11 is 1.23. The minimum atomic E-state index is -3.79. The summed E-state index contributed by atoms with van der Waals surface area (Å²) in [6.07, 6.45) is 8.52. The monoisotopic (exact) mass is 500 g/mol. The van der Waals surface area contributed by atoms with Crippen LogP contribution in [-0.4, -0.2) is 43.8 Å². The van der Waals surface area contributed by atoms with E-state index >= 15 is 0 Å². The van der Waals surface area contributed by atoms with Crippen LogP contribution in [-0.2, 0) is 19.6 Å². The molecule has 1 aliphatic carbocycles. The lowest BCUT2D eigenvalue weighted by Crippen LogP contribution is -2.50. The molecule has 2 aromatic rings. The quantitative estimate of drug-likeness (QED) is 0.543. The molecule has 4 rings (SSSR count). The number of hydrogen-bond donors (Lipinski definition) is 1. The average molecular weight is 501 g/mol. The SMILES string of the molecule is CCOC(=O)c1c(-c2ccccc2)csc1NC(=O)C1CCCCN1S(=O)(=O)C1=CCCC=C1. The van der Waals surface area contributed by atoms with E-state index in [0.717, 1.165) is 18.4 Å². The molecule has 0 radical (unpaired) electrons. The first kappa shape index (κ1) is 24.4. The summed E-state index contributed by atoms with van der Waals surface area (Å²) in [6.45, 7) is 2.22. The van der Waals surface area contributed by atoms with Crippen LogP contribution in [0.25, 0.3) is 11.1 Å². The standard InChI is InChI=1S/C25H28N2O5S2/c1-2-32-25(29)22-20(18-11-5-3-6-12-18)17-33-24(22)26-23(28)21-15-9-10-16-27(21)34(30,31)19-13-7-4-8-14-19/h3,5-7,11-14,17,21H,2,4,8-10,15-16H2,1H3,(H,26,28). The smallest absolute Gasteiger partial charge is 0.341 e. The fourth-order valence-corrected chi connectivity index (χ4v) is 6.99. The lowest BCUT2D eigenvalue weighted by Gasteiger charge is -2.34. The van der Waals surface area contributed by atoms with E-state index in [-0.39, 0.29) is 23.6 Å². The van der Waals surface area contributed by atoms with Gasteiger partial charge in [0, 0.05) is 17.5 Å². The zero-order chi connectivity index (χ0) is 24.1. The molecule has 34 heavy (non-hydrogen) atoms. The molecular weight excluding hydrogens is 472 g/mol. The third-order valence-corrected chi connectivity index (χ3v) is 8.76. The Balaban J connectivity index is 1.63. The number of piperidine rings is 1. The number of ether oxygens (including phenoxy) is 1. The van der Waals surface area contributed by atoms with Crippen molar-refractivity contribution < 1.29 is 22.7 Å². The predicted octanol–water partition coefficient (Wildman–Crippen LogP) is 4.95. The van der Waals surface area contributed by atoms with Crippen LogP contribution in [0.3, 0.4) is 0 Å². The molecule has 2 aliphatic rings. The molecule has 1 amide bonds. The Morgan fingerprint density at radius 3 is 2.68 bits per heavy atom. The molecule has 1 atom stereocenters. The van der Waals surface area contributed by atoms with Gasteiger partial charge in [0.25, 0.3) is 0 Å². The van der Waals surface area contributed by atoms with Gasteiger partial charge < -0.3 is 10.1 Å². The van der Waals surface area contributed by atoms with Gasteiger partial charge in [0.15, 0.2) is 0 Å². The van der Waals surface area contributed by atoms with Crippen molar-refractivity contribution in [2.45, 2.75) is 45.1 Å². The Labute approximate surface area is 204 Å². The van der Waals surface area contributed by atoms with Gasteiger partial charge in [0.05, 0.1) is 11.5 Å². The number of allylic oxidation sites excluding steroid dienone is 3. The summed E-state index contributed by atoms with van der Waals surface area (Å²) in [6, 6.07) is 8.57. The Bertz CT molecular complexity index is 1220. The fraction of sp³-hybridized carbons (Fsp3) is 0.360. The highest BCUT2D eigenvalue weighted by atomic mass is 32.2. The predicted molar refractivity (Wildman–Crippen MR) is 134 cm³/mol. The zero-order valence-corrected chi connectivity index (χ0v) is 20.7. The first-order chi connectivity index (χ1) is 16.4. The van der Waals surface area contributed by atoms with Gasteiger partial charge in [-0.1, -0.05) is 48.9 Å². The third kappa shape index (κ3) is 5.01. The molecule has 1 aliphatic heterocycles. The average Bonchev–Trinajstić information content (AvgIpc) is 3.29. The maximum Gasteiger partial charge on any atom is 0.341 e. The number of rotatable bonds is 7. The van der Waals surface area contributed by atoms with E-state index in [4.69, 9.17) is 4.74 Å². The molecule has 1 fully saturated rings. The molecule has 0 spiro atoms. The number of hydrogen-bond acceptors (Lipinski definition) is 6. The number of nitrogens with one attached hydrogen (secondary N) is 1. The van der Waals surface area contributed by atoms with E-state index in [1.54, 1.807) is 19.1 Å². The van der Waals surface area contributed by atoms with Gasteiger partial charge in [-0.15, -0.1) is 11.3 Å². The topological polar surface area (TPSA) is 92.8 Å². The summed E-state index contributed by atoms with van der Waals surface area (Å²) < 4.78 is 33.2. The Hall–Kier alpha value is -2.75. The van der Waals surface area contributed by atoms with Gasteiger partial charge in [-0.05, 0) is 44.2 Å². The van der Waals surface area contributed by atoms with E-state index in [0.29, 0.717) is 29.8 Å². The first-order valence-corrected chi connectivity index (χ1v) is 13.8. The molecule has 9 heteroatoms. The second-order valence-electron chi connectivity index (χ2n) is 8.14. The zero-order valence-electron chi connectivity index (χ0n) is 19.0. The largest absolute Gasteiger partial charge is 0.462 e. The van der Waals surface area contributed by atoms with Gasteiger partial charge >= 0.3 is 5.97 Å². The van der Waals surface area contributed by atoms with Crippen molar-refractivity contribution in [3.63, 3.8) is 0 Å². The minimum Gasteiger partial charge on any atom is -0.462 e. The number of amides is 1. The molecule has 1 unspecified atom stereocenters. The van der Waals surface area contributed by atoms with Crippen molar-refractivity contribution >= 4 is 38.2 Å². The molecule has 0 saturated carbocycles. The van der Waals surface area contributed by atoms with Gasteiger partial charge in [-0.3, -0.25) is 4.79 Å². The van der Waals surface area contributed by atoms with Crippen LogP contribution >= 0.6 is 11.3 Å². The number of sulfonamides is 1. The van der Waals surface area contributed by atoms with Crippen molar-refractivity contribution in [1.82, 2.24) is 4.31 Å². The number of thiophene rings is 1. The fourth-order valence-electron chi connectivity index (χ4n) is 4.25. The van der Waals surface area contributed by atoms with Crippen molar-refractivity contribution in [2.24, 2.45) is 0 Å². The first-order valence-electron chi connectivity index (χ1n) is 11.5. The molecular formula is C25H28N2O5S2. The van der Waals surface area contributed by atoms with Gasteiger partial charge in [0.2, 0.25) is 15.9 Å². The van der Waals surface area contributed by atoms with Crippen LogP contribution in [0.2, 0.25) is 0 Å². The number of anilines is 1. The molecule has 180 valence electrons. The van der Waals surface area contributed by atoms with E-state index in [1.165, 1.54) is 15.6 Å². The van der Waals surface area contributed by atoms with Gasteiger partial charge in [-0.25, -0.2) is 13.2 Å². The van der Waals surface area contributed by atoms with Crippen molar-refractivity contribution in [3.05, 3.63) is 64.4 Å². The highest BCUT2D eigenvalue weighted by Crippen LogP contribution is 2.37. The molecule has 7 nitrogen and oxygen atoms in total. The van der Waals surface area contributed by atoms with E-state index in [1.807, 2.05) is 41.8 Å². The summed E-state index contributed by atoms with van der Waals surface area (Å²) in [7, 11) is -3.79. The van der Waals surface area contributed by atoms with Crippen molar-refractivity contribution in [3.8, 4) is 11.1 Å². The normalized spacial score (nSPS) is 18.9. The summed E-state index contributed by atoms with van der Waals surface area (Å²) in [5.74, 6) is -0.959. The van der Waals surface area contributed by atoms with E-state index < -0.39 is 27.9 Å². The summed E-state index contributed by atoms with van der Waals surface area (Å²) in [5.41, 5.74) is 1.79. The second-order valence-corrected chi connectivity index (χ2v) is 10.9. The van der Waals surface area contributed by atoms with E-state index in [2.05, 4.69) is 5.32 Å². The molecule has 1 aromatic carbocycles. The lowest BCUT2D eigenvalue weighted by atomic mass is 10.0. The number of esters is 1. The maximum absolute atomic E-state index is 13.4. The van der Waals surface area contributed by atoms with Crippen LogP contribution in [0, 0.1) is 0 Å². The van der Waals surface area contributed by atoms with Crippen LogP contribution < -0.4 is 5.32 Å². The molecule has 2 heterocycles. The van der Waals surface area contributed by atoms with Gasteiger partial charge in [0.1, 0.15) is 16.6 Å². The Morgan fingerprint density at radius 2 is 1.97 bits per heavy atom. The number of carbonyl (C=O) groups is 2. The highest BCUT2D eigenvalue weighted by molar-refractivity contribution is 7.93. The minimum absolute atomic E-state index is 0.202. The van der Waals surface area contributed by atoms with Crippen LogP contribution in [0.5, 0.6) is 0 Å². The molecule has 1 N–H and O–H groups in total. The van der Waals surface area contributed by atoms with Crippen LogP contribution in [0.1, 0.15) is 49.4 Å². The van der Waals surface area contributed by atoms with Gasteiger partial charge in [-0.2, -0.15) is 4.31 Å². The molecule has 1 saturated heterocycles. The Morgan fingerprint density at radius 1 is 1.18 bits per heavy atom. The lowest BCUT2D eigenvalue weighted by molar-refractivity contribution is -0.120. The maximum atomic E-state index is 13.4. The Kier molecular flexibility index (Phi) is 7.65. The molecule has 0 bridgehead atoms. The number of nitrogens with zero attached hydrogens (tertiary/aromatic N) is 1. The van der Waals surface area contributed by atoms with E-state index in [9.17, 15) is 18.0 Å². The summed E-state index contributed by atoms with van der Waals surface area (Å²) in [5, 5.41) is 5.02. The highest BCUT2D eigenvalue weighted by Gasteiger charge is 2.39. The van der Waals surface area contributed by atoms with Crippen molar-refractivity contribution in [1.29, 1.82) is 0 Å². The second kappa shape index (κ2) is 10.7. The van der Waals surface area contributed by atoms with Crippen LogP contribution in [0.4, 0.5) is 5.00 Å².